The number of hydrogen-bond acceptors (Lipinski definition) is 4. The van der Waals surface area contributed by atoms with E-state index in [0.29, 0.717) is 5.56 Å². The highest BCUT2D eigenvalue weighted by Crippen LogP contribution is 2.40. The van der Waals surface area contributed by atoms with E-state index in [1.54, 1.807) is 6.07 Å². The summed E-state index contributed by atoms with van der Waals surface area (Å²) in [5.74, 6) is -1.21. The molecule has 0 spiro atoms. The van der Waals surface area contributed by atoms with Crippen LogP contribution in [0, 0.1) is 0 Å². The number of hydrogen-bond donors (Lipinski definition) is 1. The highest BCUT2D eigenvalue weighted by Gasteiger charge is 2.53. The molecule has 0 unspecified atom stereocenters. The van der Waals surface area contributed by atoms with Gasteiger partial charge in [-0.05, 0) is 45.4 Å². The van der Waals surface area contributed by atoms with E-state index in [4.69, 9.17) is 15.0 Å². The molecular weight excluding hydrogens is 329 g/mol. The zero-order valence-electron chi connectivity index (χ0n) is 13.9. The fraction of sp³-hybridized carbons (Fsp3) is 0.600. The number of halogens is 4. The van der Waals surface area contributed by atoms with Crippen LogP contribution in [0.15, 0.2) is 24.3 Å². The lowest BCUT2D eigenvalue weighted by Crippen LogP contribution is -2.41. The second-order valence-corrected chi connectivity index (χ2v) is 6.69. The van der Waals surface area contributed by atoms with Crippen LogP contribution < -0.4 is 10.5 Å². The lowest BCUT2D eigenvalue weighted by Gasteiger charge is -2.32. The SMILES string of the molecule is CC1(C)OB([C@H](N)c2cccc(OC(F)(F)C(F)F)c2)OC1(C)C. The summed E-state index contributed by atoms with van der Waals surface area (Å²) in [5.41, 5.74) is 5.25. The van der Waals surface area contributed by atoms with Gasteiger partial charge in [0.1, 0.15) is 5.75 Å². The Hall–Kier alpha value is -1.32. The van der Waals surface area contributed by atoms with Crippen molar-refractivity contribution in [1.29, 1.82) is 0 Å². The molecule has 1 atom stereocenters. The highest BCUT2D eigenvalue weighted by atomic mass is 19.3. The maximum atomic E-state index is 13.0. The van der Waals surface area contributed by atoms with Gasteiger partial charge in [0.15, 0.2) is 0 Å². The first kappa shape index (κ1) is 19.0. The Morgan fingerprint density at radius 3 is 2.17 bits per heavy atom. The topological polar surface area (TPSA) is 53.7 Å². The minimum absolute atomic E-state index is 0.371. The van der Waals surface area contributed by atoms with Crippen molar-refractivity contribution >= 4 is 7.12 Å². The van der Waals surface area contributed by atoms with Crippen molar-refractivity contribution in [2.45, 2.75) is 57.4 Å². The lowest BCUT2D eigenvalue weighted by atomic mass is 9.75. The van der Waals surface area contributed by atoms with Gasteiger partial charge >= 0.3 is 19.7 Å². The van der Waals surface area contributed by atoms with Crippen LogP contribution in [0.5, 0.6) is 5.75 Å². The van der Waals surface area contributed by atoms with Crippen LogP contribution in [0.1, 0.15) is 39.2 Å². The van der Waals surface area contributed by atoms with E-state index in [-0.39, 0.29) is 0 Å². The van der Waals surface area contributed by atoms with Crippen molar-refractivity contribution < 1.29 is 31.6 Å². The molecule has 1 aliphatic rings. The van der Waals surface area contributed by atoms with Gasteiger partial charge in [-0.15, -0.1) is 0 Å². The first-order valence-electron chi connectivity index (χ1n) is 7.42. The van der Waals surface area contributed by atoms with Crippen LogP contribution in [0.25, 0.3) is 0 Å². The predicted octanol–water partition coefficient (Wildman–Crippen LogP) is 3.55. The molecular formula is C15H20BF4NO3. The Morgan fingerprint density at radius 2 is 1.67 bits per heavy atom. The number of ether oxygens (including phenoxy) is 1. The third-order valence-corrected chi connectivity index (χ3v) is 4.32. The molecule has 0 aliphatic carbocycles. The van der Waals surface area contributed by atoms with Crippen LogP contribution in [0.2, 0.25) is 0 Å². The zero-order valence-corrected chi connectivity index (χ0v) is 13.9. The first-order valence-corrected chi connectivity index (χ1v) is 7.42. The van der Waals surface area contributed by atoms with Gasteiger partial charge in [-0.3, -0.25) is 0 Å². The van der Waals surface area contributed by atoms with Crippen molar-refractivity contribution in [3.63, 3.8) is 0 Å². The standard InChI is InChI=1S/C15H20BF4NO3/c1-13(2)14(3,4)24-16(23-13)11(21)9-6-5-7-10(8-9)22-15(19,20)12(17)18/h5-8,11-12H,21H2,1-4H3/t11-/m1/s1. The summed E-state index contributed by atoms with van der Waals surface area (Å²) in [6.45, 7) is 7.40. The van der Waals surface area contributed by atoms with E-state index in [1.165, 1.54) is 12.1 Å². The second kappa shape index (κ2) is 6.20. The first-order chi connectivity index (χ1) is 10.9. The molecule has 2 N–H and O–H groups in total. The summed E-state index contributed by atoms with van der Waals surface area (Å²) in [4.78, 5) is 0. The van der Waals surface area contributed by atoms with Crippen molar-refractivity contribution in [3.05, 3.63) is 29.8 Å². The summed E-state index contributed by atoms with van der Waals surface area (Å²) < 4.78 is 66.2. The maximum absolute atomic E-state index is 13.0. The molecule has 1 aliphatic heterocycles. The fourth-order valence-corrected chi connectivity index (χ4v) is 2.18. The van der Waals surface area contributed by atoms with Gasteiger partial charge < -0.3 is 19.8 Å². The van der Waals surface area contributed by atoms with E-state index in [2.05, 4.69) is 4.74 Å². The van der Waals surface area contributed by atoms with E-state index in [1.807, 2.05) is 27.7 Å². The molecule has 1 saturated heterocycles. The van der Waals surface area contributed by atoms with Crippen LogP contribution in [0.4, 0.5) is 17.6 Å². The minimum atomic E-state index is -4.58. The second-order valence-electron chi connectivity index (χ2n) is 6.69. The Morgan fingerprint density at radius 1 is 1.12 bits per heavy atom. The van der Waals surface area contributed by atoms with Gasteiger partial charge in [0, 0.05) is 0 Å². The molecule has 0 bridgehead atoms. The fourth-order valence-electron chi connectivity index (χ4n) is 2.18. The third-order valence-electron chi connectivity index (χ3n) is 4.32. The molecule has 0 amide bonds. The molecule has 0 radical (unpaired) electrons. The van der Waals surface area contributed by atoms with Crippen LogP contribution >= 0.6 is 0 Å². The molecule has 1 heterocycles. The molecule has 2 rings (SSSR count). The van der Waals surface area contributed by atoms with E-state index in [9.17, 15) is 17.6 Å². The van der Waals surface area contributed by atoms with Crippen molar-refractivity contribution in [1.82, 2.24) is 0 Å². The maximum Gasteiger partial charge on any atom is 0.480 e. The zero-order chi connectivity index (χ0) is 18.3. The predicted molar refractivity (Wildman–Crippen MR) is 81.0 cm³/mol. The monoisotopic (exact) mass is 349 g/mol. The molecule has 24 heavy (non-hydrogen) atoms. The van der Waals surface area contributed by atoms with Crippen LogP contribution in [-0.2, 0) is 9.31 Å². The number of nitrogens with two attached hydrogens (primary N) is 1. The average Bonchev–Trinajstić information content (AvgIpc) is 2.66. The molecule has 9 heteroatoms. The number of alkyl halides is 4. The molecule has 4 nitrogen and oxygen atoms in total. The van der Waals surface area contributed by atoms with Gasteiger partial charge in [0.25, 0.3) is 0 Å². The summed E-state index contributed by atoms with van der Waals surface area (Å²) in [6, 6.07) is 5.27. The molecule has 0 saturated carbocycles. The number of rotatable bonds is 5. The molecule has 134 valence electrons. The van der Waals surface area contributed by atoms with Crippen molar-refractivity contribution in [2.24, 2.45) is 5.73 Å². The number of benzene rings is 1. The summed E-state index contributed by atoms with van der Waals surface area (Å²) in [7, 11) is -0.805. The van der Waals surface area contributed by atoms with E-state index >= 15 is 0 Å². The molecule has 1 fully saturated rings. The van der Waals surface area contributed by atoms with Crippen LogP contribution in [0.3, 0.4) is 0 Å². The quantitative estimate of drug-likeness (QED) is 0.653. The Kier molecular flexibility index (Phi) is 4.91. The highest BCUT2D eigenvalue weighted by molar-refractivity contribution is 6.47. The van der Waals surface area contributed by atoms with Gasteiger partial charge in [-0.1, -0.05) is 12.1 Å². The Labute approximate surface area is 138 Å². The van der Waals surface area contributed by atoms with Crippen LogP contribution in [-0.4, -0.2) is 30.9 Å². The van der Waals surface area contributed by atoms with Crippen molar-refractivity contribution in [2.75, 3.05) is 0 Å². The summed E-state index contributed by atoms with van der Waals surface area (Å²) in [5, 5.41) is 0. The molecule has 1 aromatic carbocycles. The average molecular weight is 349 g/mol. The van der Waals surface area contributed by atoms with Gasteiger partial charge in [0.05, 0.1) is 17.1 Å². The largest absolute Gasteiger partial charge is 0.480 e. The Bertz CT molecular complexity index is 582. The molecule has 1 aromatic rings. The smallest absolute Gasteiger partial charge is 0.428 e. The van der Waals surface area contributed by atoms with Gasteiger partial charge in [-0.2, -0.15) is 17.6 Å². The summed E-state index contributed by atoms with van der Waals surface area (Å²) >= 11 is 0. The third kappa shape index (κ3) is 3.68. The summed E-state index contributed by atoms with van der Waals surface area (Å²) in [6.07, 6.45) is -8.51. The van der Waals surface area contributed by atoms with Gasteiger partial charge in [-0.25, -0.2) is 0 Å². The van der Waals surface area contributed by atoms with Crippen molar-refractivity contribution in [3.8, 4) is 5.75 Å². The Balaban J connectivity index is 2.17. The normalized spacial score (nSPS) is 21.2. The molecule has 0 aromatic heterocycles. The van der Waals surface area contributed by atoms with E-state index in [0.717, 1.165) is 6.07 Å². The minimum Gasteiger partial charge on any atom is -0.428 e. The van der Waals surface area contributed by atoms with E-state index < -0.39 is 42.5 Å². The lowest BCUT2D eigenvalue weighted by molar-refractivity contribution is -0.253. The van der Waals surface area contributed by atoms with Gasteiger partial charge in [0.2, 0.25) is 0 Å².